The first-order valence-corrected chi connectivity index (χ1v) is 8.02. The fourth-order valence-corrected chi connectivity index (χ4v) is 2.97. The molecule has 0 aliphatic carbocycles. The molecule has 0 amide bonds. The number of sulfonamides is 1. The van der Waals surface area contributed by atoms with Crippen molar-refractivity contribution in [2.24, 2.45) is 0 Å². The van der Waals surface area contributed by atoms with Crippen molar-refractivity contribution in [3.05, 3.63) is 42.4 Å². The molecule has 0 spiro atoms. The van der Waals surface area contributed by atoms with Crippen molar-refractivity contribution in [2.75, 3.05) is 18.1 Å². The molecular formula is C14H19N3O3S. The summed E-state index contributed by atoms with van der Waals surface area (Å²) >= 11 is 0. The zero-order valence-corrected chi connectivity index (χ0v) is 12.8. The molecule has 0 aliphatic rings. The summed E-state index contributed by atoms with van der Waals surface area (Å²) in [5.74, 6) is 0.837. The van der Waals surface area contributed by atoms with Crippen molar-refractivity contribution in [2.45, 2.75) is 24.3 Å². The average molecular weight is 309 g/mol. The number of nitrogens with one attached hydrogen (secondary N) is 2. The van der Waals surface area contributed by atoms with Gasteiger partial charge in [0.25, 0.3) is 0 Å². The van der Waals surface area contributed by atoms with Crippen LogP contribution < -0.4 is 15.8 Å². The minimum absolute atomic E-state index is 0.00517. The normalized spacial score (nSPS) is 13.0. The minimum Gasteiger partial charge on any atom is -0.469 e. The molecule has 0 saturated carbocycles. The van der Waals surface area contributed by atoms with E-state index in [9.17, 15) is 8.42 Å². The summed E-state index contributed by atoms with van der Waals surface area (Å²) in [6, 6.07) is 8.47. The van der Waals surface area contributed by atoms with Gasteiger partial charge in [-0.2, -0.15) is 0 Å². The Labute approximate surface area is 124 Å². The zero-order valence-electron chi connectivity index (χ0n) is 12.0. The third-order valence-electron chi connectivity index (χ3n) is 3.05. The number of benzene rings is 1. The maximum Gasteiger partial charge on any atom is 0.242 e. The summed E-state index contributed by atoms with van der Waals surface area (Å²) in [7, 11) is -2.21. The number of hydrogen-bond acceptors (Lipinski definition) is 5. The fourth-order valence-electron chi connectivity index (χ4n) is 2.04. The highest BCUT2D eigenvalue weighted by Crippen LogP contribution is 2.24. The third kappa shape index (κ3) is 3.77. The monoisotopic (exact) mass is 309 g/mol. The van der Waals surface area contributed by atoms with Gasteiger partial charge in [-0.3, -0.25) is 0 Å². The molecule has 0 aliphatic heterocycles. The van der Waals surface area contributed by atoms with Crippen LogP contribution >= 0.6 is 0 Å². The number of nitrogens with two attached hydrogens (primary N) is 1. The van der Waals surface area contributed by atoms with E-state index in [0.29, 0.717) is 17.8 Å². The van der Waals surface area contributed by atoms with Crippen molar-refractivity contribution >= 4 is 21.4 Å². The van der Waals surface area contributed by atoms with E-state index in [1.807, 2.05) is 19.1 Å². The maximum absolute atomic E-state index is 12.0. The van der Waals surface area contributed by atoms with E-state index in [1.54, 1.807) is 18.4 Å². The van der Waals surface area contributed by atoms with Gasteiger partial charge in [0, 0.05) is 18.2 Å². The van der Waals surface area contributed by atoms with E-state index < -0.39 is 10.0 Å². The highest BCUT2D eigenvalue weighted by atomic mass is 32.2. The van der Waals surface area contributed by atoms with Gasteiger partial charge in [-0.15, -0.1) is 0 Å². The van der Waals surface area contributed by atoms with Gasteiger partial charge in [0.2, 0.25) is 10.0 Å². The molecular weight excluding hydrogens is 290 g/mol. The number of nitrogen functional groups attached to an aromatic ring is 1. The van der Waals surface area contributed by atoms with Crippen LogP contribution in [0.2, 0.25) is 0 Å². The van der Waals surface area contributed by atoms with E-state index in [-0.39, 0.29) is 10.9 Å². The van der Waals surface area contributed by atoms with Gasteiger partial charge in [-0.05, 0) is 44.3 Å². The first-order valence-electron chi connectivity index (χ1n) is 6.54. The number of anilines is 2. The zero-order chi connectivity index (χ0) is 15.5. The standard InChI is InChI=1S/C14H19N3O3S/c1-10(8-12-4-3-7-20-12)17-13-6-5-11(15)9-14(13)21(18,19)16-2/h3-7,9-10,16-17H,8,15H2,1-2H3. The van der Waals surface area contributed by atoms with Crippen molar-refractivity contribution in [3.8, 4) is 0 Å². The van der Waals surface area contributed by atoms with Gasteiger partial charge in [-0.25, -0.2) is 13.1 Å². The maximum atomic E-state index is 12.0. The smallest absolute Gasteiger partial charge is 0.242 e. The lowest BCUT2D eigenvalue weighted by Crippen LogP contribution is -2.23. The van der Waals surface area contributed by atoms with Crippen molar-refractivity contribution in [1.82, 2.24) is 4.72 Å². The highest BCUT2D eigenvalue weighted by Gasteiger charge is 2.18. The molecule has 1 unspecified atom stereocenters. The summed E-state index contributed by atoms with van der Waals surface area (Å²) in [6.07, 6.45) is 2.26. The molecule has 0 fully saturated rings. The van der Waals surface area contributed by atoms with E-state index in [0.717, 1.165) is 5.76 Å². The Morgan fingerprint density at radius 1 is 1.33 bits per heavy atom. The molecule has 1 aromatic carbocycles. The molecule has 0 bridgehead atoms. The van der Waals surface area contributed by atoms with Crippen LogP contribution in [-0.2, 0) is 16.4 Å². The molecule has 0 saturated heterocycles. The van der Waals surface area contributed by atoms with Crippen molar-refractivity contribution in [1.29, 1.82) is 0 Å². The van der Waals surface area contributed by atoms with Crippen LogP contribution in [0.3, 0.4) is 0 Å². The number of hydrogen-bond donors (Lipinski definition) is 3. The van der Waals surface area contributed by atoms with E-state index >= 15 is 0 Å². The molecule has 1 heterocycles. The second-order valence-corrected chi connectivity index (χ2v) is 6.65. The SMILES string of the molecule is CNS(=O)(=O)c1cc(N)ccc1NC(C)Cc1ccco1. The fraction of sp³-hybridized carbons (Fsp3) is 0.286. The lowest BCUT2D eigenvalue weighted by molar-refractivity contribution is 0.497. The summed E-state index contributed by atoms with van der Waals surface area (Å²) in [6.45, 7) is 1.95. The summed E-state index contributed by atoms with van der Waals surface area (Å²) in [5, 5.41) is 3.18. The number of furan rings is 1. The molecule has 7 heteroatoms. The average Bonchev–Trinajstić information content (AvgIpc) is 2.93. The van der Waals surface area contributed by atoms with Crippen LogP contribution in [0, 0.1) is 0 Å². The molecule has 0 radical (unpaired) electrons. The van der Waals surface area contributed by atoms with Crippen LogP contribution in [0.15, 0.2) is 45.9 Å². The molecule has 2 rings (SSSR count). The topological polar surface area (TPSA) is 97.4 Å². The second kappa shape index (κ2) is 6.19. The Bertz CT molecular complexity index is 696. The molecule has 1 atom stereocenters. The molecule has 1 aromatic heterocycles. The predicted octanol–water partition coefficient (Wildman–Crippen LogP) is 1.81. The Hall–Kier alpha value is -1.99. The van der Waals surface area contributed by atoms with Crippen LogP contribution in [0.4, 0.5) is 11.4 Å². The first kappa shape index (κ1) is 15.4. The van der Waals surface area contributed by atoms with Gasteiger partial charge in [0.05, 0.1) is 12.0 Å². The van der Waals surface area contributed by atoms with Gasteiger partial charge in [0.1, 0.15) is 10.7 Å². The summed E-state index contributed by atoms with van der Waals surface area (Å²) < 4.78 is 31.7. The quantitative estimate of drug-likeness (QED) is 0.707. The summed E-state index contributed by atoms with van der Waals surface area (Å²) in [4.78, 5) is 0.135. The summed E-state index contributed by atoms with van der Waals surface area (Å²) in [5.41, 5.74) is 6.59. The number of rotatable bonds is 6. The second-order valence-electron chi connectivity index (χ2n) is 4.79. The lowest BCUT2D eigenvalue weighted by Gasteiger charge is -2.17. The molecule has 6 nitrogen and oxygen atoms in total. The Balaban J connectivity index is 2.23. The molecule has 21 heavy (non-hydrogen) atoms. The van der Waals surface area contributed by atoms with Gasteiger partial charge >= 0.3 is 0 Å². The van der Waals surface area contributed by atoms with Gasteiger partial charge < -0.3 is 15.5 Å². The van der Waals surface area contributed by atoms with E-state index in [1.165, 1.54) is 13.1 Å². The van der Waals surface area contributed by atoms with Crippen LogP contribution in [0.25, 0.3) is 0 Å². The predicted molar refractivity (Wildman–Crippen MR) is 82.6 cm³/mol. The van der Waals surface area contributed by atoms with Gasteiger partial charge in [0.15, 0.2) is 0 Å². The van der Waals surface area contributed by atoms with E-state index in [2.05, 4.69) is 10.0 Å². The Morgan fingerprint density at radius 2 is 2.10 bits per heavy atom. The molecule has 4 N–H and O–H groups in total. The molecule has 114 valence electrons. The van der Waals surface area contributed by atoms with Crippen molar-refractivity contribution < 1.29 is 12.8 Å². The van der Waals surface area contributed by atoms with Crippen molar-refractivity contribution in [3.63, 3.8) is 0 Å². The largest absolute Gasteiger partial charge is 0.469 e. The Kier molecular flexibility index (Phi) is 4.54. The lowest BCUT2D eigenvalue weighted by atomic mass is 10.2. The first-order chi connectivity index (χ1) is 9.92. The minimum atomic E-state index is -3.57. The van der Waals surface area contributed by atoms with E-state index in [4.69, 9.17) is 10.2 Å². The molecule has 2 aromatic rings. The van der Waals surface area contributed by atoms with Crippen LogP contribution in [0.1, 0.15) is 12.7 Å². The van der Waals surface area contributed by atoms with Crippen LogP contribution in [0.5, 0.6) is 0 Å². The highest BCUT2D eigenvalue weighted by molar-refractivity contribution is 7.89. The van der Waals surface area contributed by atoms with Gasteiger partial charge in [-0.1, -0.05) is 0 Å². The third-order valence-corrected chi connectivity index (χ3v) is 4.51. The van der Waals surface area contributed by atoms with Crippen LogP contribution in [-0.4, -0.2) is 21.5 Å². The Morgan fingerprint density at radius 3 is 2.71 bits per heavy atom.